The van der Waals surface area contributed by atoms with Gasteiger partial charge in [0, 0.05) is 13.0 Å². The highest BCUT2D eigenvalue weighted by molar-refractivity contribution is 7.45. The highest BCUT2D eigenvalue weighted by atomic mass is 31.2. The van der Waals surface area contributed by atoms with Crippen molar-refractivity contribution in [3.05, 3.63) is 72.9 Å². The molecular formula is C55H100NO7P. The summed E-state index contributed by atoms with van der Waals surface area (Å²) < 4.78 is 34.8. The number of unbranched alkanes of at least 4 members (excludes halogenated alkanes) is 22. The number of allylic oxidation sites excluding steroid dienone is 12. The summed E-state index contributed by atoms with van der Waals surface area (Å²) in [7, 11) is 1.34. The van der Waals surface area contributed by atoms with Crippen molar-refractivity contribution in [3.63, 3.8) is 0 Å². The summed E-state index contributed by atoms with van der Waals surface area (Å²) in [5, 5.41) is 0. The first-order chi connectivity index (χ1) is 31.1. The summed E-state index contributed by atoms with van der Waals surface area (Å²) in [5.74, 6) is -0.344. The van der Waals surface area contributed by atoms with Crippen LogP contribution in [0.15, 0.2) is 72.9 Å². The predicted octanol–water partition coefficient (Wildman–Crippen LogP) is 15.6. The van der Waals surface area contributed by atoms with Crippen molar-refractivity contribution >= 4 is 13.8 Å². The van der Waals surface area contributed by atoms with Crippen LogP contribution in [0, 0.1) is 0 Å². The molecular weight excluding hydrogens is 818 g/mol. The number of carbonyl (C=O) groups is 1. The molecule has 0 aliphatic carbocycles. The molecule has 0 aromatic carbocycles. The van der Waals surface area contributed by atoms with Gasteiger partial charge in [0.2, 0.25) is 0 Å². The Morgan fingerprint density at radius 3 is 1.36 bits per heavy atom. The van der Waals surface area contributed by atoms with Gasteiger partial charge in [0.05, 0.1) is 34.4 Å². The third-order valence-electron chi connectivity index (χ3n) is 11.0. The quantitative estimate of drug-likeness (QED) is 0.0197. The van der Waals surface area contributed by atoms with Crippen LogP contribution < -0.4 is 4.89 Å². The van der Waals surface area contributed by atoms with Crippen LogP contribution in [-0.4, -0.2) is 70.7 Å². The third kappa shape index (κ3) is 50.9. The lowest BCUT2D eigenvalue weighted by molar-refractivity contribution is -0.870. The molecule has 0 aliphatic rings. The Balaban J connectivity index is 4.14. The van der Waals surface area contributed by atoms with E-state index in [-0.39, 0.29) is 25.8 Å². The molecule has 8 nitrogen and oxygen atoms in total. The lowest BCUT2D eigenvalue weighted by atomic mass is 10.1. The second-order valence-electron chi connectivity index (χ2n) is 18.5. The van der Waals surface area contributed by atoms with E-state index >= 15 is 0 Å². The highest BCUT2D eigenvalue weighted by Gasteiger charge is 2.20. The number of nitrogens with zero attached hydrogens (tertiary/aromatic N) is 1. The van der Waals surface area contributed by atoms with Gasteiger partial charge in [-0.2, -0.15) is 0 Å². The minimum Gasteiger partial charge on any atom is -0.756 e. The van der Waals surface area contributed by atoms with Crippen LogP contribution >= 0.6 is 7.82 Å². The van der Waals surface area contributed by atoms with Gasteiger partial charge in [-0.1, -0.05) is 196 Å². The summed E-state index contributed by atoms with van der Waals surface area (Å²) in [6.07, 6.45) is 62.1. The molecule has 0 N–H and O–H groups in total. The molecule has 0 fully saturated rings. The first-order valence-electron chi connectivity index (χ1n) is 26.2. The van der Waals surface area contributed by atoms with Gasteiger partial charge in [-0.25, -0.2) is 0 Å². The zero-order valence-electron chi connectivity index (χ0n) is 42.2. The van der Waals surface area contributed by atoms with Crippen LogP contribution in [0.4, 0.5) is 0 Å². The van der Waals surface area contributed by atoms with E-state index in [4.69, 9.17) is 18.5 Å². The fourth-order valence-electron chi connectivity index (χ4n) is 6.98. The Bertz CT molecular complexity index is 1250. The summed E-state index contributed by atoms with van der Waals surface area (Å²) in [4.78, 5) is 25.2. The molecule has 64 heavy (non-hydrogen) atoms. The summed E-state index contributed by atoms with van der Waals surface area (Å²) in [5.41, 5.74) is 0. The number of phosphoric ester groups is 1. The SMILES string of the molecule is CC/C=C\C/C=C\C/C=C\C/C=C\CCCCCCCCCCCCCOCC(COP(=O)([O-])OCC[N+](C)(C)C)OC(=O)CCCCCCCCC/C=C\C/C=C\CCCCCC. The molecule has 0 saturated carbocycles. The maximum absolute atomic E-state index is 12.7. The van der Waals surface area contributed by atoms with E-state index in [1.807, 2.05) is 21.1 Å². The third-order valence-corrected chi connectivity index (χ3v) is 12.0. The fourth-order valence-corrected chi connectivity index (χ4v) is 7.71. The molecule has 0 aliphatic heterocycles. The fraction of sp³-hybridized carbons (Fsp3) is 0.764. The molecule has 0 radical (unpaired) electrons. The smallest absolute Gasteiger partial charge is 0.306 e. The summed E-state index contributed by atoms with van der Waals surface area (Å²) in [6.45, 7) is 5.27. The number of quaternary nitrogens is 1. The number of likely N-dealkylation sites (N-methyl/N-ethyl adjacent to an activating group) is 1. The second kappa shape index (κ2) is 47.4. The van der Waals surface area contributed by atoms with E-state index in [0.29, 0.717) is 24.1 Å². The van der Waals surface area contributed by atoms with Gasteiger partial charge in [0.15, 0.2) is 0 Å². The Kier molecular flexibility index (Phi) is 45.9. The van der Waals surface area contributed by atoms with E-state index in [0.717, 1.165) is 70.6 Å². The molecule has 2 atom stereocenters. The van der Waals surface area contributed by atoms with Crippen molar-refractivity contribution in [3.8, 4) is 0 Å². The van der Waals surface area contributed by atoms with Crippen LogP contribution in [0.1, 0.15) is 213 Å². The van der Waals surface area contributed by atoms with Crippen LogP contribution in [0.25, 0.3) is 0 Å². The second-order valence-corrected chi connectivity index (χ2v) is 19.9. The Labute approximate surface area is 395 Å². The van der Waals surface area contributed by atoms with Crippen LogP contribution in [0.2, 0.25) is 0 Å². The molecule has 9 heteroatoms. The summed E-state index contributed by atoms with van der Waals surface area (Å²) in [6, 6.07) is 0. The normalized spacial score (nSPS) is 14.2. The average molecular weight is 918 g/mol. The van der Waals surface area contributed by atoms with Crippen molar-refractivity contribution < 1.29 is 37.3 Å². The van der Waals surface area contributed by atoms with Gasteiger partial charge in [0.1, 0.15) is 19.3 Å². The summed E-state index contributed by atoms with van der Waals surface area (Å²) >= 11 is 0. The number of esters is 1. The zero-order chi connectivity index (χ0) is 46.9. The van der Waals surface area contributed by atoms with Crippen LogP contribution in [-0.2, 0) is 27.9 Å². The first kappa shape index (κ1) is 61.9. The van der Waals surface area contributed by atoms with Gasteiger partial charge in [-0.05, 0) is 83.5 Å². The van der Waals surface area contributed by atoms with E-state index in [2.05, 4.69) is 86.8 Å². The van der Waals surface area contributed by atoms with Gasteiger partial charge in [0.25, 0.3) is 7.82 Å². The van der Waals surface area contributed by atoms with Crippen molar-refractivity contribution in [1.82, 2.24) is 0 Å². The van der Waals surface area contributed by atoms with Crippen molar-refractivity contribution in [2.45, 2.75) is 219 Å². The molecule has 0 heterocycles. The molecule has 0 bridgehead atoms. The molecule has 0 aromatic rings. The number of ether oxygens (including phenoxy) is 2. The molecule has 0 amide bonds. The number of carbonyl (C=O) groups excluding carboxylic acids is 1. The molecule has 0 aromatic heterocycles. The Morgan fingerprint density at radius 2 is 0.906 bits per heavy atom. The van der Waals surface area contributed by atoms with E-state index < -0.39 is 13.9 Å². The largest absolute Gasteiger partial charge is 0.756 e. The Hall–Kier alpha value is -2.06. The van der Waals surface area contributed by atoms with Crippen molar-refractivity contribution in [1.29, 1.82) is 0 Å². The number of rotatable bonds is 48. The number of hydrogen-bond donors (Lipinski definition) is 0. The van der Waals surface area contributed by atoms with Crippen LogP contribution in [0.3, 0.4) is 0 Å². The van der Waals surface area contributed by atoms with Crippen LogP contribution in [0.5, 0.6) is 0 Å². The molecule has 2 unspecified atom stereocenters. The van der Waals surface area contributed by atoms with Gasteiger partial charge < -0.3 is 27.9 Å². The number of phosphoric acid groups is 1. The monoisotopic (exact) mass is 918 g/mol. The lowest BCUT2D eigenvalue weighted by Gasteiger charge is -2.28. The average Bonchev–Trinajstić information content (AvgIpc) is 3.25. The predicted molar refractivity (Wildman–Crippen MR) is 272 cm³/mol. The maximum Gasteiger partial charge on any atom is 0.306 e. The van der Waals surface area contributed by atoms with Gasteiger partial charge >= 0.3 is 5.97 Å². The van der Waals surface area contributed by atoms with E-state index in [1.54, 1.807) is 0 Å². The van der Waals surface area contributed by atoms with E-state index in [9.17, 15) is 14.3 Å². The minimum absolute atomic E-state index is 0.0210. The van der Waals surface area contributed by atoms with Gasteiger partial charge in [-0.15, -0.1) is 0 Å². The van der Waals surface area contributed by atoms with E-state index in [1.165, 1.54) is 122 Å². The minimum atomic E-state index is -4.54. The van der Waals surface area contributed by atoms with Gasteiger partial charge in [-0.3, -0.25) is 9.36 Å². The molecule has 0 spiro atoms. The van der Waals surface area contributed by atoms with Crippen molar-refractivity contribution in [2.24, 2.45) is 0 Å². The highest BCUT2D eigenvalue weighted by Crippen LogP contribution is 2.38. The standard InChI is InChI=1S/C55H100NO7P/c1-6-8-10-12-14-16-18-20-22-24-26-27-28-29-30-31-33-35-37-39-41-43-45-47-50-60-52-54(53-62-64(58,59)61-51-49-56(3,4)5)63-55(57)48-46-44-42-40-38-36-34-32-25-23-21-19-17-15-13-11-9-7-2/h8,10,14,16-17,19-20,22-23,25-27,54H,6-7,9,11-13,15,18,21,24,28-53H2,1-5H3/b10-8-,16-14-,19-17-,22-20-,25-23-,27-26-. The number of hydrogen-bond acceptors (Lipinski definition) is 7. The maximum atomic E-state index is 12.7. The molecule has 0 rings (SSSR count). The van der Waals surface area contributed by atoms with Crippen molar-refractivity contribution in [2.75, 3.05) is 54.1 Å². The zero-order valence-corrected chi connectivity index (χ0v) is 43.1. The molecule has 0 saturated heterocycles. The molecule has 372 valence electrons. The Morgan fingerprint density at radius 1 is 0.500 bits per heavy atom. The topological polar surface area (TPSA) is 94.1 Å². The lowest BCUT2D eigenvalue weighted by Crippen LogP contribution is -2.37. The first-order valence-corrected chi connectivity index (χ1v) is 27.6.